The van der Waals surface area contributed by atoms with Crippen LogP contribution in [0.2, 0.25) is 0 Å². The van der Waals surface area contributed by atoms with E-state index in [0.29, 0.717) is 11.1 Å². The van der Waals surface area contributed by atoms with Crippen LogP contribution in [0.3, 0.4) is 0 Å². The number of hydrogen-bond donors (Lipinski definition) is 2. The molecule has 0 saturated heterocycles. The molecule has 0 radical (unpaired) electrons. The number of amides is 1. The van der Waals surface area contributed by atoms with E-state index in [1.807, 2.05) is 0 Å². The normalized spacial score (nSPS) is 13.0. The maximum absolute atomic E-state index is 13.3. The molecule has 5 nitrogen and oxygen atoms in total. The molecule has 1 atom stereocenters. The van der Waals surface area contributed by atoms with Crippen LogP contribution in [0.1, 0.15) is 17.5 Å². The lowest BCUT2D eigenvalue weighted by molar-refractivity contribution is -0.122. The van der Waals surface area contributed by atoms with Gasteiger partial charge >= 0.3 is 0 Å². The number of hydrogen-bond acceptors (Lipinski definition) is 4. The Morgan fingerprint density at radius 3 is 2.65 bits per heavy atom. The van der Waals surface area contributed by atoms with Crippen molar-refractivity contribution in [3.8, 4) is 0 Å². The minimum absolute atomic E-state index is 0.0624. The molecule has 1 aromatic rings. The number of nitrogens with one attached hydrogen (secondary N) is 1. The lowest BCUT2D eigenvalue weighted by Crippen LogP contribution is -2.41. The summed E-state index contributed by atoms with van der Waals surface area (Å²) in [6, 6.07) is 3.79. The van der Waals surface area contributed by atoms with E-state index in [-0.39, 0.29) is 24.5 Å². The smallest absolute Gasteiger partial charge is 0.237 e. The molecule has 1 amide bonds. The van der Waals surface area contributed by atoms with Gasteiger partial charge in [0.2, 0.25) is 5.91 Å². The van der Waals surface area contributed by atoms with E-state index in [0.717, 1.165) is 6.26 Å². The highest BCUT2D eigenvalue weighted by molar-refractivity contribution is 7.90. The molecule has 0 aliphatic carbocycles. The molecule has 0 bridgehead atoms. The van der Waals surface area contributed by atoms with Gasteiger partial charge in [0, 0.05) is 12.8 Å². The van der Waals surface area contributed by atoms with Crippen LogP contribution in [0, 0.1) is 12.7 Å². The molecule has 3 N–H and O–H groups in total. The zero-order valence-electron chi connectivity index (χ0n) is 11.5. The number of sulfone groups is 1. The summed E-state index contributed by atoms with van der Waals surface area (Å²) in [6.07, 6.45) is 1.15. The Labute approximate surface area is 118 Å². The Balaban J connectivity index is 2.48. The minimum Gasteiger partial charge on any atom is -0.351 e. The molecule has 0 aliphatic rings. The Bertz CT molecular complexity index is 587. The van der Waals surface area contributed by atoms with Crippen LogP contribution >= 0.6 is 0 Å². The number of halogens is 1. The van der Waals surface area contributed by atoms with Crippen LogP contribution in [0.4, 0.5) is 4.39 Å². The molecule has 112 valence electrons. The first-order valence-electron chi connectivity index (χ1n) is 6.15. The number of benzene rings is 1. The number of carbonyl (C=O) groups is 1. The van der Waals surface area contributed by atoms with Crippen LogP contribution in [-0.4, -0.2) is 32.4 Å². The van der Waals surface area contributed by atoms with E-state index in [9.17, 15) is 17.6 Å². The van der Waals surface area contributed by atoms with E-state index in [4.69, 9.17) is 5.73 Å². The van der Waals surface area contributed by atoms with Gasteiger partial charge in [-0.25, -0.2) is 12.8 Å². The Kier molecular flexibility index (Phi) is 5.64. The highest BCUT2D eigenvalue weighted by atomic mass is 32.2. The predicted octanol–water partition coefficient (Wildman–Crippen LogP) is 0.512. The lowest BCUT2D eigenvalue weighted by Gasteiger charge is -2.12. The van der Waals surface area contributed by atoms with Crippen LogP contribution in [0.15, 0.2) is 18.2 Å². The van der Waals surface area contributed by atoms with Gasteiger partial charge in [0.25, 0.3) is 0 Å². The quantitative estimate of drug-likeness (QED) is 0.801. The summed E-state index contributed by atoms with van der Waals surface area (Å²) in [5, 5.41) is 2.56. The summed E-state index contributed by atoms with van der Waals surface area (Å²) in [6.45, 7) is 1.81. The van der Waals surface area contributed by atoms with Gasteiger partial charge < -0.3 is 11.1 Å². The molecule has 0 fully saturated rings. The maximum Gasteiger partial charge on any atom is 0.237 e. The Morgan fingerprint density at radius 2 is 2.10 bits per heavy atom. The van der Waals surface area contributed by atoms with Crippen molar-refractivity contribution in [3.63, 3.8) is 0 Å². The monoisotopic (exact) mass is 302 g/mol. The molecular formula is C13H19FN2O3S. The van der Waals surface area contributed by atoms with E-state index < -0.39 is 21.8 Å². The number of rotatable bonds is 6. The van der Waals surface area contributed by atoms with Gasteiger partial charge in [-0.1, -0.05) is 12.1 Å². The van der Waals surface area contributed by atoms with Gasteiger partial charge in [-0.15, -0.1) is 0 Å². The van der Waals surface area contributed by atoms with Crippen LogP contribution in [-0.2, 0) is 21.2 Å². The van der Waals surface area contributed by atoms with Crippen molar-refractivity contribution in [2.75, 3.05) is 12.0 Å². The highest BCUT2D eigenvalue weighted by Gasteiger charge is 2.15. The predicted molar refractivity (Wildman–Crippen MR) is 75.3 cm³/mol. The van der Waals surface area contributed by atoms with Gasteiger partial charge in [0.05, 0.1) is 11.8 Å². The molecule has 1 rings (SSSR count). The van der Waals surface area contributed by atoms with E-state index in [1.165, 1.54) is 6.07 Å². The van der Waals surface area contributed by atoms with E-state index in [2.05, 4.69) is 5.32 Å². The zero-order chi connectivity index (χ0) is 15.3. The SMILES string of the molecule is Cc1ccc(CNC(=O)C(N)CCS(C)(=O)=O)cc1F. The Hall–Kier alpha value is -1.47. The van der Waals surface area contributed by atoms with Gasteiger partial charge in [0.15, 0.2) is 0 Å². The fraction of sp³-hybridized carbons (Fsp3) is 0.462. The fourth-order valence-corrected chi connectivity index (χ4v) is 2.22. The largest absolute Gasteiger partial charge is 0.351 e. The molecule has 0 aliphatic heterocycles. The molecule has 20 heavy (non-hydrogen) atoms. The molecule has 1 aromatic carbocycles. The van der Waals surface area contributed by atoms with E-state index in [1.54, 1.807) is 19.1 Å². The first-order chi connectivity index (χ1) is 9.19. The van der Waals surface area contributed by atoms with Crippen molar-refractivity contribution < 1.29 is 17.6 Å². The van der Waals surface area contributed by atoms with Crippen molar-refractivity contribution in [2.45, 2.75) is 25.9 Å². The molecule has 0 spiro atoms. The second-order valence-electron chi connectivity index (χ2n) is 4.83. The first kappa shape index (κ1) is 16.6. The van der Waals surface area contributed by atoms with E-state index >= 15 is 0 Å². The van der Waals surface area contributed by atoms with Crippen molar-refractivity contribution in [1.82, 2.24) is 5.32 Å². The molecular weight excluding hydrogens is 283 g/mol. The highest BCUT2D eigenvalue weighted by Crippen LogP contribution is 2.08. The second-order valence-corrected chi connectivity index (χ2v) is 7.09. The molecule has 1 unspecified atom stereocenters. The molecule has 0 aromatic heterocycles. The standard InChI is InChI=1S/C13H19FN2O3S/c1-9-3-4-10(7-11(9)14)8-16-13(17)12(15)5-6-20(2,18)19/h3-4,7,12H,5-6,8,15H2,1-2H3,(H,16,17). The fourth-order valence-electron chi connectivity index (χ4n) is 1.54. The number of carbonyl (C=O) groups excluding carboxylic acids is 1. The summed E-state index contributed by atoms with van der Waals surface area (Å²) in [7, 11) is -3.14. The van der Waals surface area contributed by atoms with Crippen molar-refractivity contribution in [3.05, 3.63) is 35.1 Å². The summed E-state index contributed by atoms with van der Waals surface area (Å²) in [4.78, 5) is 11.7. The van der Waals surface area contributed by atoms with Crippen molar-refractivity contribution in [1.29, 1.82) is 0 Å². The number of aryl methyl sites for hydroxylation is 1. The summed E-state index contributed by atoms with van der Waals surface area (Å²) in [5.41, 5.74) is 6.75. The summed E-state index contributed by atoms with van der Waals surface area (Å²) in [5.74, 6) is -0.923. The lowest BCUT2D eigenvalue weighted by atomic mass is 10.1. The van der Waals surface area contributed by atoms with Gasteiger partial charge in [-0.3, -0.25) is 4.79 Å². The van der Waals surface area contributed by atoms with Crippen molar-refractivity contribution in [2.24, 2.45) is 5.73 Å². The molecule has 7 heteroatoms. The molecule has 0 saturated carbocycles. The third-order valence-corrected chi connectivity index (χ3v) is 3.82. The van der Waals surface area contributed by atoms with Gasteiger partial charge in [0.1, 0.15) is 15.7 Å². The topological polar surface area (TPSA) is 89.3 Å². The first-order valence-corrected chi connectivity index (χ1v) is 8.21. The summed E-state index contributed by atoms with van der Waals surface area (Å²) < 4.78 is 35.3. The zero-order valence-corrected chi connectivity index (χ0v) is 12.3. The van der Waals surface area contributed by atoms with Crippen LogP contribution in [0.25, 0.3) is 0 Å². The third kappa shape index (κ3) is 5.66. The van der Waals surface area contributed by atoms with Crippen LogP contribution in [0.5, 0.6) is 0 Å². The van der Waals surface area contributed by atoms with Gasteiger partial charge in [-0.2, -0.15) is 0 Å². The maximum atomic E-state index is 13.3. The average molecular weight is 302 g/mol. The third-order valence-electron chi connectivity index (χ3n) is 2.84. The summed E-state index contributed by atoms with van der Waals surface area (Å²) >= 11 is 0. The second kappa shape index (κ2) is 6.81. The average Bonchev–Trinajstić information content (AvgIpc) is 2.36. The molecule has 0 heterocycles. The van der Waals surface area contributed by atoms with Crippen LogP contribution < -0.4 is 11.1 Å². The Morgan fingerprint density at radius 1 is 1.45 bits per heavy atom. The van der Waals surface area contributed by atoms with Crippen molar-refractivity contribution >= 4 is 15.7 Å². The van der Waals surface area contributed by atoms with Gasteiger partial charge in [-0.05, 0) is 30.5 Å². The minimum atomic E-state index is -3.14. The number of nitrogens with two attached hydrogens (primary N) is 1.